The van der Waals surface area contributed by atoms with E-state index >= 15 is 0 Å². The number of aliphatic hydroxyl groups excluding tert-OH is 1. The van der Waals surface area contributed by atoms with Crippen LogP contribution in [0, 0.1) is 0 Å². The fourth-order valence-electron chi connectivity index (χ4n) is 2.16. The van der Waals surface area contributed by atoms with Crippen LogP contribution < -0.4 is 20.1 Å². The van der Waals surface area contributed by atoms with Gasteiger partial charge in [0.15, 0.2) is 0 Å². The summed E-state index contributed by atoms with van der Waals surface area (Å²) in [6, 6.07) is 12.1. The molecule has 6 nitrogen and oxygen atoms in total. The number of hydrogen-bond acceptors (Lipinski definition) is 4. The predicted octanol–water partition coefficient (Wildman–Crippen LogP) is 2.88. The van der Waals surface area contributed by atoms with Crippen LogP contribution in [0.15, 0.2) is 42.5 Å². The van der Waals surface area contributed by atoms with E-state index in [1.807, 2.05) is 18.2 Å². The van der Waals surface area contributed by atoms with Gasteiger partial charge in [0.1, 0.15) is 11.5 Å². The quantitative estimate of drug-likeness (QED) is 0.765. The smallest absolute Gasteiger partial charge is 0.323 e. The Morgan fingerprint density at radius 3 is 2.48 bits per heavy atom. The molecule has 0 aromatic heterocycles. The second kappa shape index (κ2) is 8.05. The molecule has 0 saturated heterocycles. The lowest BCUT2D eigenvalue weighted by Crippen LogP contribution is -2.20. The van der Waals surface area contributed by atoms with Crippen LogP contribution in [0.3, 0.4) is 0 Å². The summed E-state index contributed by atoms with van der Waals surface area (Å²) >= 11 is 0. The Bertz CT molecular complexity index is 673. The average Bonchev–Trinajstić information content (AvgIpc) is 2.57. The van der Waals surface area contributed by atoms with Crippen molar-refractivity contribution in [2.75, 3.05) is 31.5 Å². The third kappa shape index (κ3) is 4.37. The average molecular weight is 316 g/mol. The number of rotatable bonds is 6. The number of carbonyl (C=O) groups is 1. The van der Waals surface area contributed by atoms with Gasteiger partial charge in [-0.15, -0.1) is 0 Å². The number of para-hydroxylation sites is 1. The van der Waals surface area contributed by atoms with Gasteiger partial charge in [0.25, 0.3) is 0 Å². The molecule has 2 rings (SSSR count). The van der Waals surface area contributed by atoms with Gasteiger partial charge < -0.3 is 25.2 Å². The van der Waals surface area contributed by atoms with E-state index in [9.17, 15) is 4.79 Å². The Hall–Kier alpha value is -2.73. The normalized spacial score (nSPS) is 10.0. The van der Waals surface area contributed by atoms with E-state index in [-0.39, 0.29) is 12.6 Å². The lowest BCUT2D eigenvalue weighted by molar-refractivity contribution is 0.262. The van der Waals surface area contributed by atoms with Gasteiger partial charge in [0.2, 0.25) is 0 Å². The highest BCUT2D eigenvalue weighted by Gasteiger charge is 2.10. The summed E-state index contributed by atoms with van der Waals surface area (Å²) < 4.78 is 10.4. The SMILES string of the molecule is COc1ccc(NC(=O)Nc2ccccc2CCO)c(OC)c1. The van der Waals surface area contributed by atoms with Crippen molar-refractivity contribution in [3.05, 3.63) is 48.0 Å². The van der Waals surface area contributed by atoms with Crippen LogP contribution in [-0.2, 0) is 6.42 Å². The third-order valence-electron chi connectivity index (χ3n) is 3.30. The van der Waals surface area contributed by atoms with Gasteiger partial charge in [-0.05, 0) is 30.2 Å². The molecule has 2 amide bonds. The number of hydrogen-bond donors (Lipinski definition) is 3. The Balaban J connectivity index is 2.11. The van der Waals surface area contributed by atoms with Crippen molar-refractivity contribution in [3.63, 3.8) is 0 Å². The number of ether oxygens (including phenoxy) is 2. The molecule has 0 saturated carbocycles. The van der Waals surface area contributed by atoms with Gasteiger partial charge >= 0.3 is 6.03 Å². The molecule has 2 aromatic carbocycles. The number of nitrogens with one attached hydrogen (secondary N) is 2. The molecule has 0 unspecified atom stereocenters. The molecule has 0 radical (unpaired) electrons. The van der Waals surface area contributed by atoms with E-state index in [0.29, 0.717) is 29.3 Å². The summed E-state index contributed by atoms with van der Waals surface area (Å²) in [7, 11) is 3.08. The maximum absolute atomic E-state index is 12.2. The van der Waals surface area contributed by atoms with E-state index in [4.69, 9.17) is 14.6 Å². The molecule has 122 valence electrons. The molecule has 0 heterocycles. The number of aliphatic hydroxyl groups is 1. The van der Waals surface area contributed by atoms with Crippen LogP contribution in [0.4, 0.5) is 16.2 Å². The summed E-state index contributed by atoms with van der Waals surface area (Å²) in [5.74, 6) is 1.14. The molecule has 0 fully saturated rings. The Labute approximate surface area is 135 Å². The van der Waals surface area contributed by atoms with Crippen LogP contribution in [0.25, 0.3) is 0 Å². The molecule has 23 heavy (non-hydrogen) atoms. The minimum Gasteiger partial charge on any atom is -0.497 e. The molecular weight excluding hydrogens is 296 g/mol. The molecule has 0 spiro atoms. The fourth-order valence-corrected chi connectivity index (χ4v) is 2.16. The molecule has 0 aliphatic rings. The second-order valence-electron chi connectivity index (χ2n) is 4.78. The summed E-state index contributed by atoms with van der Waals surface area (Å²) in [5.41, 5.74) is 2.06. The van der Waals surface area contributed by atoms with Crippen LogP contribution >= 0.6 is 0 Å². The van der Waals surface area contributed by atoms with Gasteiger partial charge in [-0.3, -0.25) is 0 Å². The Morgan fingerprint density at radius 2 is 1.78 bits per heavy atom. The number of methoxy groups -OCH3 is 2. The zero-order valence-corrected chi connectivity index (χ0v) is 13.1. The number of anilines is 2. The molecule has 2 aromatic rings. The summed E-state index contributed by atoms with van der Waals surface area (Å²) in [5, 5.41) is 14.6. The highest BCUT2D eigenvalue weighted by molar-refractivity contribution is 6.01. The zero-order valence-electron chi connectivity index (χ0n) is 13.1. The summed E-state index contributed by atoms with van der Waals surface area (Å²) in [6.07, 6.45) is 0.475. The van der Waals surface area contributed by atoms with Gasteiger partial charge in [-0.1, -0.05) is 18.2 Å². The standard InChI is InChI=1S/C17H20N2O4/c1-22-13-7-8-15(16(11-13)23-2)19-17(21)18-14-6-4-3-5-12(14)9-10-20/h3-8,11,20H,9-10H2,1-2H3,(H2,18,19,21). The van der Waals surface area contributed by atoms with Crippen LogP contribution in [-0.4, -0.2) is 32.0 Å². The molecule has 0 bridgehead atoms. The molecule has 3 N–H and O–H groups in total. The van der Waals surface area contributed by atoms with E-state index in [2.05, 4.69) is 10.6 Å². The largest absolute Gasteiger partial charge is 0.497 e. The fraction of sp³-hybridized carbons (Fsp3) is 0.235. The van der Waals surface area contributed by atoms with E-state index in [1.54, 1.807) is 31.4 Å². The van der Waals surface area contributed by atoms with Crippen LogP contribution in [0.5, 0.6) is 11.5 Å². The lowest BCUT2D eigenvalue weighted by Gasteiger charge is -2.14. The van der Waals surface area contributed by atoms with Gasteiger partial charge in [0.05, 0.1) is 19.9 Å². The van der Waals surface area contributed by atoms with E-state index in [1.165, 1.54) is 7.11 Å². The first-order valence-corrected chi connectivity index (χ1v) is 7.16. The molecule has 0 aliphatic heterocycles. The van der Waals surface area contributed by atoms with Crippen molar-refractivity contribution >= 4 is 17.4 Å². The molecule has 0 aliphatic carbocycles. The summed E-state index contributed by atoms with van der Waals surface area (Å²) in [6.45, 7) is 0.0205. The first kappa shape index (κ1) is 16.6. The maximum atomic E-state index is 12.2. The minimum atomic E-state index is -0.390. The molecule has 6 heteroatoms. The predicted molar refractivity (Wildman–Crippen MR) is 89.4 cm³/mol. The number of urea groups is 1. The number of amides is 2. The topological polar surface area (TPSA) is 79.8 Å². The highest BCUT2D eigenvalue weighted by atomic mass is 16.5. The Kier molecular flexibility index (Phi) is 5.82. The van der Waals surface area contributed by atoms with Gasteiger partial charge in [-0.2, -0.15) is 0 Å². The monoisotopic (exact) mass is 316 g/mol. The minimum absolute atomic E-state index is 0.0205. The van der Waals surface area contributed by atoms with Gasteiger partial charge in [0, 0.05) is 18.4 Å². The summed E-state index contributed by atoms with van der Waals surface area (Å²) in [4.78, 5) is 12.2. The van der Waals surface area contributed by atoms with E-state index in [0.717, 1.165) is 5.56 Å². The lowest BCUT2D eigenvalue weighted by atomic mass is 10.1. The maximum Gasteiger partial charge on any atom is 0.323 e. The van der Waals surface area contributed by atoms with Crippen molar-refractivity contribution in [2.24, 2.45) is 0 Å². The zero-order chi connectivity index (χ0) is 16.7. The highest BCUT2D eigenvalue weighted by Crippen LogP contribution is 2.29. The van der Waals surface area contributed by atoms with Crippen molar-refractivity contribution in [1.82, 2.24) is 0 Å². The Morgan fingerprint density at radius 1 is 1.04 bits per heavy atom. The molecular formula is C17H20N2O4. The van der Waals surface area contributed by atoms with Crippen LogP contribution in [0.2, 0.25) is 0 Å². The molecule has 0 atom stereocenters. The second-order valence-corrected chi connectivity index (χ2v) is 4.78. The van der Waals surface area contributed by atoms with Crippen molar-refractivity contribution in [1.29, 1.82) is 0 Å². The van der Waals surface area contributed by atoms with E-state index < -0.39 is 0 Å². The van der Waals surface area contributed by atoms with Crippen molar-refractivity contribution in [3.8, 4) is 11.5 Å². The van der Waals surface area contributed by atoms with Gasteiger partial charge in [-0.25, -0.2) is 4.79 Å². The number of carbonyl (C=O) groups excluding carboxylic acids is 1. The van der Waals surface area contributed by atoms with Crippen molar-refractivity contribution < 1.29 is 19.4 Å². The van der Waals surface area contributed by atoms with Crippen LogP contribution in [0.1, 0.15) is 5.56 Å². The third-order valence-corrected chi connectivity index (χ3v) is 3.30. The van der Waals surface area contributed by atoms with Crippen molar-refractivity contribution in [2.45, 2.75) is 6.42 Å². The first-order valence-electron chi connectivity index (χ1n) is 7.16. The number of benzene rings is 2. The first-order chi connectivity index (χ1) is 11.2.